The number of ether oxygens (including phenoxy) is 5. The molecule has 0 N–H and O–H groups in total. The fourth-order valence-electron chi connectivity index (χ4n) is 2.15. The average molecular weight is 330 g/mol. The van der Waals surface area contributed by atoms with Gasteiger partial charge in [-0.15, -0.1) is 6.58 Å². The first-order valence-electron chi connectivity index (χ1n) is 7.19. The number of carbonyl (C=O) groups excluding carboxylic acids is 3. The number of carbonyl (C=O) groups is 3. The van der Waals surface area contributed by atoms with Gasteiger partial charge in [0, 0.05) is 27.2 Å². The lowest BCUT2D eigenvalue weighted by atomic mass is 10.0. The molecular formula is C15H22O8. The molecule has 0 spiro atoms. The van der Waals surface area contributed by atoms with Crippen LogP contribution in [0.15, 0.2) is 12.7 Å². The van der Waals surface area contributed by atoms with E-state index in [2.05, 4.69) is 6.58 Å². The molecule has 23 heavy (non-hydrogen) atoms. The van der Waals surface area contributed by atoms with Crippen LogP contribution in [0.25, 0.3) is 0 Å². The largest absolute Gasteiger partial charge is 0.463 e. The summed E-state index contributed by atoms with van der Waals surface area (Å²) in [5.41, 5.74) is 0. The molecule has 8 nitrogen and oxygen atoms in total. The van der Waals surface area contributed by atoms with Crippen molar-refractivity contribution in [3.63, 3.8) is 0 Å². The van der Waals surface area contributed by atoms with Gasteiger partial charge < -0.3 is 23.7 Å². The summed E-state index contributed by atoms with van der Waals surface area (Å²) in [6, 6.07) is 0. The minimum Gasteiger partial charge on any atom is -0.463 e. The highest BCUT2D eigenvalue weighted by molar-refractivity contribution is 5.67. The van der Waals surface area contributed by atoms with Crippen LogP contribution in [0.4, 0.5) is 0 Å². The molecule has 0 unspecified atom stereocenters. The van der Waals surface area contributed by atoms with E-state index in [1.165, 1.54) is 26.8 Å². The van der Waals surface area contributed by atoms with Gasteiger partial charge >= 0.3 is 17.9 Å². The third kappa shape index (κ3) is 6.79. The molecular weight excluding hydrogens is 308 g/mol. The molecule has 0 saturated carbocycles. The van der Waals surface area contributed by atoms with Crippen molar-refractivity contribution in [1.29, 1.82) is 0 Å². The summed E-state index contributed by atoms with van der Waals surface area (Å²) in [5.74, 6) is -1.51. The van der Waals surface area contributed by atoms with E-state index in [0.29, 0.717) is 0 Å². The summed E-state index contributed by atoms with van der Waals surface area (Å²) < 4.78 is 26.4. The highest BCUT2D eigenvalue weighted by Crippen LogP contribution is 2.26. The van der Waals surface area contributed by atoms with Crippen molar-refractivity contribution in [1.82, 2.24) is 0 Å². The van der Waals surface area contributed by atoms with E-state index in [0.717, 1.165) is 0 Å². The van der Waals surface area contributed by atoms with Crippen LogP contribution < -0.4 is 0 Å². The van der Waals surface area contributed by atoms with Crippen molar-refractivity contribution in [3.05, 3.63) is 12.7 Å². The predicted octanol–water partition coefficient (Wildman–Crippen LogP) is 0.730. The van der Waals surface area contributed by atoms with Crippen LogP contribution >= 0.6 is 0 Å². The van der Waals surface area contributed by atoms with Crippen molar-refractivity contribution < 1.29 is 38.1 Å². The molecule has 1 saturated heterocycles. The molecule has 8 heteroatoms. The van der Waals surface area contributed by atoms with Crippen LogP contribution in [0, 0.1) is 0 Å². The summed E-state index contributed by atoms with van der Waals surface area (Å²) in [4.78, 5) is 33.4. The van der Waals surface area contributed by atoms with Gasteiger partial charge in [0.05, 0.1) is 6.61 Å². The Hall–Kier alpha value is -1.93. The first-order valence-corrected chi connectivity index (χ1v) is 7.19. The second-order valence-corrected chi connectivity index (χ2v) is 5.00. The zero-order valence-corrected chi connectivity index (χ0v) is 13.5. The molecule has 0 radical (unpaired) electrons. The highest BCUT2D eigenvalue weighted by Gasteiger charge is 2.42. The van der Waals surface area contributed by atoms with Crippen LogP contribution in [0.5, 0.6) is 0 Å². The van der Waals surface area contributed by atoms with E-state index in [-0.39, 0.29) is 19.6 Å². The lowest BCUT2D eigenvalue weighted by Gasteiger charge is -2.39. The van der Waals surface area contributed by atoms with Crippen LogP contribution in [-0.2, 0) is 38.1 Å². The smallest absolute Gasteiger partial charge is 0.303 e. The number of hydrogen-bond acceptors (Lipinski definition) is 8. The lowest BCUT2D eigenvalue weighted by molar-refractivity contribution is -0.274. The summed E-state index contributed by atoms with van der Waals surface area (Å²) >= 11 is 0. The zero-order valence-electron chi connectivity index (χ0n) is 13.5. The van der Waals surface area contributed by atoms with Crippen molar-refractivity contribution in [2.45, 2.75) is 51.8 Å². The molecule has 130 valence electrons. The van der Waals surface area contributed by atoms with Crippen molar-refractivity contribution in [3.8, 4) is 0 Å². The van der Waals surface area contributed by atoms with Gasteiger partial charge in [-0.3, -0.25) is 14.4 Å². The van der Waals surface area contributed by atoms with E-state index >= 15 is 0 Å². The SMILES string of the molecule is C=CCO[C@H]1O[C@H](COC(C)=O)[C@@H](OC(C)=O)C[C@H]1OC(C)=O. The van der Waals surface area contributed by atoms with E-state index in [9.17, 15) is 14.4 Å². The molecule has 0 bridgehead atoms. The Labute approximate surface area is 134 Å². The van der Waals surface area contributed by atoms with Gasteiger partial charge in [0.2, 0.25) is 0 Å². The zero-order chi connectivity index (χ0) is 17.4. The lowest BCUT2D eigenvalue weighted by Crippen LogP contribution is -2.52. The molecule has 0 aliphatic carbocycles. The van der Waals surface area contributed by atoms with E-state index in [4.69, 9.17) is 23.7 Å². The van der Waals surface area contributed by atoms with E-state index in [1.54, 1.807) is 0 Å². The molecule has 1 aliphatic rings. The Morgan fingerprint density at radius 1 is 1.09 bits per heavy atom. The highest BCUT2D eigenvalue weighted by atomic mass is 16.7. The molecule has 1 aliphatic heterocycles. The third-order valence-corrected chi connectivity index (χ3v) is 2.96. The normalized spacial score (nSPS) is 26.9. The molecule has 0 aromatic heterocycles. The maximum atomic E-state index is 11.2. The molecule has 0 aromatic rings. The second-order valence-electron chi connectivity index (χ2n) is 5.00. The van der Waals surface area contributed by atoms with Gasteiger partial charge in [0.25, 0.3) is 0 Å². The molecule has 1 heterocycles. The Bertz CT molecular complexity index is 447. The first-order chi connectivity index (χ1) is 10.8. The number of rotatable bonds is 7. The average Bonchev–Trinajstić information content (AvgIpc) is 2.43. The van der Waals surface area contributed by atoms with Crippen LogP contribution in [0.3, 0.4) is 0 Å². The predicted molar refractivity (Wildman–Crippen MR) is 77.2 cm³/mol. The van der Waals surface area contributed by atoms with Gasteiger partial charge in [-0.05, 0) is 0 Å². The molecule has 4 atom stereocenters. The Morgan fingerprint density at radius 2 is 1.70 bits per heavy atom. The summed E-state index contributed by atoms with van der Waals surface area (Å²) in [6.45, 7) is 7.39. The van der Waals surface area contributed by atoms with Crippen LogP contribution in [0.2, 0.25) is 0 Å². The van der Waals surface area contributed by atoms with Crippen LogP contribution in [-0.4, -0.2) is 55.7 Å². The van der Waals surface area contributed by atoms with Gasteiger partial charge in [0.1, 0.15) is 18.8 Å². The van der Waals surface area contributed by atoms with E-state index in [1.807, 2.05) is 0 Å². The fraction of sp³-hybridized carbons (Fsp3) is 0.667. The maximum absolute atomic E-state index is 11.2. The second kappa shape index (κ2) is 9.26. The first kappa shape index (κ1) is 19.1. The van der Waals surface area contributed by atoms with Crippen molar-refractivity contribution >= 4 is 17.9 Å². The van der Waals surface area contributed by atoms with Gasteiger partial charge in [-0.25, -0.2) is 0 Å². The Balaban J connectivity index is 2.84. The Morgan fingerprint density at radius 3 is 2.22 bits per heavy atom. The van der Waals surface area contributed by atoms with Crippen molar-refractivity contribution in [2.24, 2.45) is 0 Å². The topological polar surface area (TPSA) is 97.4 Å². The summed E-state index contributed by atoms with van der Waals surface area (Å²) in [7, 11) is 0. The number of hydrogen-bond donors (Lipinski definition) is 0. The molecule has 0 amide bonds. The van der Waals surface area contributed by atoms with Crippen molar-refractivity contribution in [2.75, 3.05) is 13.2 Å². The minimum atomic E-state index is -0.871. The van der Waals surface area contributed by atoms with Gasteiger partial charge in [-0.1, -0.05) is 6.08 Å². The Kier molecular flexibility index (Phi) is 7.70. The number of esters is 3. The van der Waals surface area contributed by atoms with E-state index < -0.39 is 42.5 Å². The quantitative estimate of drug-likeness (QED) is 0.383. The molecule has 1 rings (SSSR count). The maximum Gasteiger partial charge on any atom is 0.303 e. The minimum absolute atomic E-state index is 0.103. The van der Waals surface area contributed by atoms with Crippen LogP contribution in [0.1, 0.15) is 27.2 Å². The molecule has 0 aromatic carbocycles. The fourth-order valence-corrected chi connectivity index (χ4v) is 2.15. The molecule has 1 fully saturated rings. The summed E-state index contributed by atoms with van der Waals surface area (Å²) in [6.07, 6.45) is -1.36. The summed E-state index contributed by atoms with van der Waals surface area (Å²) in [5, 5.41) is 0. The van der Waals surface area contributed by atoms with Gasteiger partial charge in [0.15, 0.2) is 12.4 Å². The monoisotopic (exact) mass is 330 g/mol. The van der Waals surface area contributed by atoms with Gasteiger partial charge in [-0.2, -0.15) is 0 Å². The third-order valence-electron chi connectivity index (χ3n) is 2.96. The standard InChI is InChI=1S/C15H22O8/c1-5-6-19-15-13(22-11(4)18)7-12(21-10(3)17)14(23-15)8-20-9(2)16/h5,12-15H,1,6-8H2,2-4H3/t12-,13+,14+,15-/m0/s1.